The number of aromatic amines is 1. The van der Waals surface area contributed by atoms with Crippen LogP contribution < -0.4 is 10.6 Å². The number of aromatic nitrogens is 2. The predicted molar refractivity (Wildman–Crippen MR) is 141 cm³/mol. The Morgan fingerprint density at radius 2 is 1.89 bits per heavy atom. The summed E-state index contributed by atoms with van der Waals surface area (Å²) in [6.07, 6.45) is 6.45. The number of nitrogens with one attached hydrogen (secondary N) is 3. The summed E-state index contributed by atoms with van der Waals surface area (Å²) in [5.74, 6) is 0.170. The number of likely N-dealkylation sites (tertiary alicyclic amines) is 1. The van der Waals surface area contributed by atoms with Gasteiger partial charge in [0.2, 0.25) is 11.8 Å². The molecule has 1 aliphatic carbocycles. The number of hydrogen-bond donors (Lipinski definition) is 3. The largest absolute Gasteiger partial charge is 0.384 e. The molecular formula is C28H39N5O4. The smallest absolute Gasteiger partial charge is 0.227 e. The fourth-order valence-electron chi connectivity index (χ4n) is 5.94. The maximum Gasteiger partial charge on any atom is 0.227 e. The van der Waals surface area contributed by atoms with Gasteiger partial charge in [-0.25, -0.2) is 0 Å². The normalized spacial score (nSPS) is 21.8. The summed E-state index contributed by atoms with van der Waals surface area (Å²) in [4.78, 5) is 28.1. The topological polar surface area (TPSA) is 109 Å². The maximum atomic E-state index is 13.5. The molecular weight excluding hydrogens is 470 g/mol. The molecule has 2 aliphatic heterocycles. The van der Waals surface area contributed by atoms with Gasteiger partial charge in [0.05, 0.1) is 24.9 Å². The molecule has 0 bridgehead atoms. The zero-order chi connectivity index (χ0) is 25.8. The summed E-state index contributed by atoms with van der Waals surface area (Å²) in [6.45, 7) is 6.71. The van der Waals surface area contributed by atoms with Crippen LogP contribution in [0.4, 0.5) is 11.5 Å². The Labute approximate surface area is 218 Å². The lowest BCUT2D eigenvalue weighted by atomic mass is 9.83. The first-order valence-electron chi connectivity index (χ1n) is 13.7. The number of carbonyl (C=O) groups excluding carboxylic acids is 2. The van der Waals surface area contributed by atoms with Crippen molar-refractivity contribution in [2.45, 2.75) is 77.0 Å². The van der Waals surface area contributed by atoms with Crippen LogP contribution >= 0.6 is 0 Å². The van der Waals surface area contributed by atoms with E-state index in [1.54, 1.807) is 0 Å². The quantitative estimate of drug-likeness (QED) is 0.509. The summed E-state index contributed by atoms with van der Waals surface area (Å²) in [5.41, 5.74) is 4.30. The fourth-order valence-corrected chi connectivity index (χ4v) is 5.94. The van der Waals surface area contributed by atoms with E-state index in [1.807, 2.05) is 17.0 Å². The Kier molecular flexibility index (Phi) is 7.81. The highest BCUT2D eigenvalue weighted by atomic mass is 16.7. The minimum atomic E-state index is -0.455. The highest BCUT2D eigenvalue weighted by Crippen LogP contribution is 2.40. The van der Waals surface area contributed by atoms with E-state index in [9.17, 15) is 9.59 Å². The highest BCUT2D eigenvalue weighted by Gasteiger charge is 2.43. The number of piperidine rings is 1. The van der Waals surface area contributed by atoms with Crippen molar-refractivity contribution in [3.8, 4) is 0 Å². The van der Waals surface area contributed by atoms with Crippen molar-refractivity contribution in [1.29, 1.82) is 0 Å². The Morgan fingerprint density at radius 3 is 2.65 bits per heavy atom. The third-order valence-electron chi connectivity index (χ3n) is 7.97. The second-order valence-electron chi connectivity index (χ2n) is 10.7. The molecule has 1 aromatic heterocycles. The van der Waals surface area contributed by atoms with Crippen LogP contribution in [0.2, 0.25) is 0 Å². The van der Waals surface area contributed by atoms with Crippen molar-refractivity contribution in [2.24, 2.45) is 5.92 Å². The number of anilines is 2. The van der Waals surface area contributed by atoms with Crippen LogP contribution in [0.3, 0.4) is 0 Å². The molecule has 3 N–H and O–H groups in total. The Balaban J connectivity index is 1.14. The van der Waals surface area contributed by atoms with Crippen LogP contribution in [0, 0.1) is 19.8 Å². The average molecular weight is 510 g/mol. The molecule has 3 heterocycles. The predicted octanol–water partition coefficient (Wildman–Crippen LogP) is 4.45. The summed E-state index contributed by atoms with van der Waals surface area (Å²) >= 11 is 0. The van der Waals surface area contributed by atoms with Gasteiger partial charge in [0.1, 0.15) is 0 Å². The molecule has 9 heteroatoms. The van der Waals surface area contributed by atoms with Gasteiger partial charge in [-0.15, -0.1) is 0 Å². The van der Waals surface area contributed by atoms with Gasteiger partial charge in [-0.3, -0.25) is 14.7 Å². The molecule has 3 fully saturated rings. The SMILES string of the molecule is Cc1ccc(NCCC(=O)Nc2cc(C3CCCCN3C(=O)C3CCC4(CC3)OCCO4)[nH]n2)c(C)c1. The van der Waals surface area contributed by atoms with Gasteiger partial charge >= 0.3 is 0 Å². The molecule has 1 spiro atoms. The van der Waals surface area contributed by atoms with E-state index < -0.39 is 5.79 Å². The van der Waals surface area contributed by atoms with E-state index in [1.165, 1.54) is 5.56 Å². The standard InChI is InChI=1S/C28H39N5O4/c1-19-6-7-22(20(2)17-19)29-13-10-26(34)30-25-18-23(31-32-25)24-5-3-4-14-33(24)27(35)21-8-11-28(12-9-21)36-15-16-37-28/h6-7,17-18,21,24,29H,3-5,8-16H2,1-2H3,(H2,30,31,32,34). The molecule has 3 aliphatic rings. The number of hydrogen-bond acceptors (Lipinski definition) is 6. The third-order valence-corrected chi connectivity index (χ3v) is 7.97. The number of carbonyl (C=O) groups is 2. The molecule has 1 unspecified atom stereocenters. The Morgan fingerprint density at radius 1 is 1.11 bits per heavy atom. The molecule has 2 saturated heterocycles. The lowest BCUT2D eigenvalue weighted by Gasteiger charge is -2.40. The number of rotatable bonds is 7. The van der Waals surface area contributed by atoms with Gasteiger partial charge in [0.25, 0.3) is 0 Å². The molecule has 5 rings (SSSR count). The van der Waals surface area contributed by atoms with Crippen LogP contribution in [0.1, 0.15) is 74.2 Å². The number of nitrogens with zero attached hydrogens (tertiary/aromatic N) is 2. The van der Waals surface area contributed by atoms with Crippen LogP contribution in [-0.4, -0.2) is 59.0 Å². The lowest BCUT2D eigenvalue weighted by Crippen LogP contribution is -2.45. The van der Waals surface area contributed by atoms with Gasteiger partial charge in [-0.2, -0.15) is 5.10 Å². The van der Waals surface area contributed by atoms with E-state index in [0.717, 1.165) is 68.4 Å². The Hall–Kier alpha value is -2.91. The lowest BCUT2D eigenvalue weighted by molar-refractivity contribution is -0.185. The first-order valence-corrected chi connectivity index (χ1v) is 13.7. The minimum Gasteiger partial charge on any atom is -0.384 e. The summed E-state index contributed by atoms with van der Waals surface area (Å²) in [7, 11) is 0. The number of aryl methyl sites for hydroxylation is 2. The second kappa shape index (κ2) is 11.2. The second-order valence-corrected chi connectivity index (χ2v) is 10.7. The highest BCUT2D eigenvalue weighted by molar-refractivity contribution is 5.90. The summed E-state index contributed by atoms with van der Waals surface area (Å²) in [6, 6.07) is 8.06. The van der Waals surface area contributed by atoms with Gasteiger partial charge in [0.15, 0.2) is 11.6 Å². The number of benzene rings is 1. The number of amides is 2. The van der Waals surface area contributed by atoms with Crippen molar-refractivity contribution in [3.63, 3.8) is 0 Å². The molecule has 1 saturated carbocycles. The van der Waals surface area contributed by atoms with E-state index >= 15 is 0 Å². The van der Waals surface area contributed by atoms with Crippen LogP contribution in [0.15, 0.2) is 24.3 Å². The van der Waals surface area contributed by atoms with E-state index in [2.05, 4.69) is 46.8 Å². The zero-order valence-electron chi connectivity index (χ0n) is 22.0. The van der Waals surface area contributed by atoms with Crippen molar-refractivity contribution < 1.29 is 19.1 Å². The van der Waals surface area contributed by atoms with Crippen molar-refractivity contribution in [3.05, 3.63) is 41.1 Å². The van der Waals surface area contributed by atoms with Crippen LogP contribution in [0.25, 0.3) is 0 Å². The molecule has 1 aromatic carbocycles. The van der Waals surface area contributed by atoms with Crippen molar-refractivity contribution >= 4 is 23.3 Å². The molecule has 200 valence electrons. The molecule has 2 amide bonds. The van der Waals surface area contributed by atoms with E-state index in [4.69, 9.17) is 9.47 Å². The first-order chi connectivity index (χ1) is 17.9. The molecule has 1 atom stereocenters. The molecule has 9 nitrogen and oxygen atoms in total. The van der Waals surface area contributed by atoms with Crippen LogP contribution in [-0.2, 0) is 19.1 Å². The van der Waals surface area contributed by atoms with Gasteiger partial charge < -0.3 is 25.0 Å². The summed E-state index contributed by atoms with van der Waals surface area (Å²) in [5, 5.41) is 13.6. The Bertz CT molecular complexity index is 1100. The number of H-pyrrole nitrogens is 1. The zero-order valence-corrected chi connectivity index (χ0v) is 22.0. The van der Waals surface area contributed by atoms with Crippen molar-refractivity contribution in [2.75, 3.05) is 36.9 Å². The maximum absolute atomic E-state index is 13.5. The first kappa shape index (κ1) is 25.7. The average Bonchev–Trinajstić information content (AvgIpc) is 3.55. The minimum absolute atomic E-state index is 0.00536. The monoisotopic (exact) mass is 509 g/mol. The van der Waals surface area contributed by atoms with E-state index in [-0.39, 0.29) is 23.8 Å². The van der Waals surface area contributed by atoms with Crippen LogP contribution in [0.5, 0.6) is 0 Å². The van der Waals surface area contributed by atoms with E-state index in [0.29, 0.717) is 32.0 Å². The summed E-state index contributed by atoms with van der Waals surface area (Å²) < 4.78 is 11.7. The fraction of sp³-hybridized carbons (Fsp3) is 0.607. The van der Waals surface area contributed by atoms with Crippen molar-refractivity contribution in [1.82, 2.24) is 15.1 Å². The van der Waals surface area contributed by atoms with Gasteiger partial charge in [-0.05, 0) is 57.6 Å². The third kappa shape index (κ3) is 5.99. The van der Waals surface area contributed by atoms with Gasteiger partial charge in [-0.1, -0.05) is 17.7 Å². The molecule has 0 radical (unpaired) electrons. The number of ether oxygens (including phenoxy) is 2. The molecule has 2 aromatic rings. The molecule has 37 heavy (non-hydrogen) atoms. The van der Waals surface area contributed by atoms with Gasteiger partial charge in [0, 0.05) is 50.0 Å².